The Morgan fingerprint density at radius 3 is 2.16 bits per heavy atom. The number of rotatable bonds is 6. The highest BCUT2D eigenvalue weighted by molar-refractivity contribution is 5.85. The number of imidazole rings is 1. The van der Waals surface area contributed by atoms with Crippen LogP contribution in [0.4, 0.5) is 0 Å². The van der Waals surface area contributed by atoms with Gasteiger partial charge in [0.05, 0.1) is 24.3 Å². The van der Waals surface area contributed by atoms with Gasteiger partial charge in [-0.3, -0.25) is 14.4 Å². The lowest BCUT2D eigenvalue weighted by atomic mass is 9.91. The maximum atomic E-state index is 13.5. The van der Waals surface area contributed by atoms with Crippen LogP contribution in [-0.4, -0.2) is 58.4 Å². The van der Waals surface area contributed by atoms with Crippen LogP contribution in [0.3, 0.4) is 0 Å². The summed E-state index contributed by atoms with van der Waals surface area (Å²) in [6, 6.07) is 30.2. The second kappa shape index (κ2) is 15.0. The number of aryl methyl sites for hydroxylation is 1. The Hall–Kier alpha value is -4.72. The van der Waals surface area contributed by atoms with Crippen LogP contribution in [-0.2, 0) is 20.9 Å². The highest BCUT2D eigenvalue weighted by atomic mass is 16.2. The molecule has 0 aliphatic carbocycles. The van der Waals surface area contributed by atoms with E-state index in [4.69, 9.17) is 4.98 Å². The number of hydrogen-bond acceptors (Lipinski definition) is 4. The zero-order valence-electron chi connectivity index (χ0n) is 24.5. The molecule has 8 heteroatoms. The van der Waals surface area contributed by atoms with E-state index in [0.717, 1.165) is 35.4 Å². The van der Waals surface area contributed by atoms with Crippen LogP contribution >= 0.6 is 0 Å². The Kier molecular flexibility index (Phi) is 10.4. The predicted molar refractivity (Wildman–Crippen MR) is 168 cm³/mol. The van der Waals surface area contributed by atoms with Gasteiger partial charge >= 0.3 is 0 Å². The molecule has 222 valence electrons. The van der Waals surface area contributed by atoms with Crippen LogP contribution in [0.25, 0.3) is 22.5 Å². The van der Waals surface area contributed by atoms with Gasteiger partial charge < -0.3 is 20.1 Å². The third-order valence-corrected chi connectivity index (χ3v) is 7.92. The first-order valence-corrected chi connectivity index (χ1v) is 15.1. The summed E-state index contributed by atoms with van der Waals surface area (Å²) in [5.41, 5.74) is 5.01. The minimum Gasteiger partial charge on any atom is -0.356 e. The molecular formula is C35H39N5O3. The van der Waals surface area contributed by atoms with E-state index in [1.807, 2.05) is 83.4 Å². The Balaban J connectivity index is 1.27. The summed E-state index contributed by atoms with van der Waals surface area (Å²) < 4.78 is 2.02. The molecule has 3 aromatic carbocycles. The van der Waals surface area contributed by atoms with E-state index in [1.54, 1.807) is 11.2 Å². The summed E-state index contributed by atoms with van der Waals surface area (Å²) >= 11 is 0. The molecule has 1 aromatic heterocycles. The van der Waals surface area contributed by atoms with Crippen molar-refractivity contribution in [1.29, 1.82) is 0 Å². The molecule has 0 bridgehead atoms. The van der Waals surface area contributed by atoms with Crippen molar-refractivity contribution in [2.75, 3.05) is 26.2 Å². The van der Waals surface area contributed by atoms with E-state index in [9.17, 15) is 14.4 Å². The van der Waals surface area contributed by atoms with Crippen molar-refractivity contribution in [3.05, 3.63) is 103 Å². The van der Waals surface area contributed by atoms with Gasteiger partial charge in [0.25, 0.3) is 0 Å². The van der Waals surface area contributed by atoms with Gasteiger partial charge in [0, 0.05) is 50.1 Å². The number of benzene rings is 3. The molecule has 1 aliphatic heterocycles. The van der Waals surface area contributed by atoms with Gasteiger partial charge in [-0.05, 0) is 30.7 Å². The normalized spacial score (nSPS) is 17.0. The molecule has 1 aliphatic rings. The predicted octanol–water partition coefficient (Wildman–Crippen LogP) is 5.03. The first kappa shape index (κ1) is 29.8. The molecule has 3 amide bonds. The van der Waals surface area contributed by atoms with Gasteiger partial charge in [-0.25, -0.2) is 4.98 Å². The standard InChI is InChI=1S/C35H39N5O3/c41-31-18-17-28(27-11-4-1-5-12-27)19-22-37-32(42)25-39(23-10-21-36-31)33(43)20-24-40-26-38-34(29-13-6-2-7-14-29)35(40)30-15-8-3-9-16-30/h1-9,11-16,26,28H,10,17-25H2,(H,36,41)(H,37,42). The molecule has 1 atom stereocenters. The lowest BCUT2D eigenvalue weighted by Gasteiger charge is -2.24. The zero-order valence-corrected chi connectivity index (χ0v) is 24.5. The number of carbonyl (C=O) groups is 3. The topological polar surface area (TPSA) is 96.3 Å². The summed E-state index contributed by atoms with van der Waals surface area (Å²) in [6.45, 7) is 1.76. The average Bonchev–Trinajstić information content (AvgIpc) is 3.48. The van der Waals surface area contributed by atoms with E-state index in [2.05, 4.69) is 22.8 Å². The van der Waals surface area contributed by atoms with E-state index in [-0.39, 0.29) is 36.6 Å². The number of amides is 3. The molecule has 0 radical (unpaired) electrons. The SMILES string of the molecule is O=C1CCC(c2ccccc2)CCNC(=O)CN(C(=O)CCn2cnc(-c3ccccc3)c2-c2ccccc2)CCCN1. The summed E-state index contributed by atoms with van der Waals surface area (Å²) in [7, 11) is 0. The van der Waals surface area contributed by atoms with Gasteiger partial charge in [0.15, 0.2) is 0 Å². The number of nitrogens with one attached hydrogen (secondary N) is 2. The van der Waals surface area contributed by atoms with Crippen molar-refractivity contribution in [1.82, 2.24) is 25.1 Å². The largest absolute Gasteiger partial charge is 0.356 e. The van der Waals surface area contributed by atoms with Crippen molar-refractivity contribution in [2.45, 2.75) is 44.6 Å². The van der Waals surface area contributed by atoms with Gasteiger partial charge in [-0.15, -0.1) is 0 Å². The second-order valence-corrected chi connectivity index (χ2v) is 10.9. The van der Waals surface area contributed by atoms with E-state index < -0.39 is 0 Å². The minimum atomic E-state index is -0.166. The van der Waals surface area contributed by atoms with Gasteiger partial charge in [0.1, 0.15) is 0 Å². The Morgan fingerprint density at radius 1 is 0.791 bits per heavy atom. The fraction of sp³-hybridized carbons (Fsp3) is 0.314. The van der Waals surface area contributed by atoms with Crippen molar-refractivity contribution in [3.8, 4) is 22.5 Å². The van der Waals surface area contributed by atoms with Crippen LogP contribution in [0, 0.1) is 0 Å². The first-order chi connectivity index (χ1) is 21.1. The molecule has 1 fully saturated rings. The van der Waals surface area contributed by atoms with Crippen molar-refractivity contribution >= 4 is 17.7 Å². The van der Waals surface area contributed by atoms with E-state index >= 15 is 0 Å². The minimum absolute atomic E-state index is 0.00643. The fourth-order valence-electron chi connectivity index (χ4n) is 5.63. The lowest BCUT2D eigenvalue weighted by molar-refractivity contribution is -0.136. The lowest BCUT2D eigenvalue weighted by Crippen LogP contribution is -2.42. The van der Waals surface area contributed by atoms with Gasteiger partial charge in [-0.1, -0.05) is 91.0 Å². The van der Waals surface area contributed by atoms with Crippen LogP contribution in [0.2, 0.25) is 0 Å². The Morgan fingerprint density at radius 2 is 1.44 bits per heavy atom. The molecular weight excluding hydrogens is 538 g/mol. The number of carbonyl (C=O) groups excluding carboxylic acids is 3. The van der Waals surface area contributed by atoms with Crippen molar-refractivity contribution in [2.24, 2.45) is 0 Å². The van der Waals surface area contributed by atoms with Gasteiger partial charge in [0.2, 0.25) is 17.7 Å². The van der Waals surface area contributed by atoms with E-state index in [0.29, 0.717) is 39.0 Å². The van der Waals surface area contributed by atoms with Crippen molar-refractivity contribution in [3.63, 3.8) is 0 Å². The third-order valence-electron chi connectivity index (χ3n) is 7.92. The molecule has 4 aromatic rings. The molecule has 1 saturated heterocycles. The zero-order chi connectivity index (χ0) is 29.9. The van der Waals surface area contributed by atoms with Gasteiger partial charge in [-0.2, -0.15) is 0 Å². The number of aromatic nitrogens is 2. The van der Waals surface area contributed by atoms with Crippen LogP contribution in [0.15, 0.2) is 97.3 Å². The number of hydrogen-bond donors (Lipinski definition) is 2. The first-order valence-electron chi connectivity index (χ1n) is 15.1. The summed E-state index contributed by atoms with van der Waals surface area (Å²) in [5, 5.41) is 6.00. The highest BCUT2D eigenvalue weighted by Crippen LogP contribution is 2.31. The quantitative estimate of drug-likeness (QED) is 0.336. The maximum absolute atomic E-state index is 13.5. The number of nitrogens with zero attached hydrogens (tertiary/aromatic N) is 3. The maximum Gasteiger partial charge on any atom is 0.239 e. The smallest absolute Gasteiger partial charge is 0.239 e. The van der Waals surface area contributed by atoms with Crippen molar-refractivity contribution < 1.29 is 14.4 Å². The third kappa shape index (κ3) is 8.19. The van der Waals surface area contributed by atoms with E-state index in [1.165, 1.54) is 5.56 Å². The fourth-order valence-corrected chi connectivity index (χ4v) is 5.63. The Bertz CT molecular complexity index is 1490. The second-order valence-electron chi connectivity index (χ2n) is 10.9. The molecule has 43 heavy (non-hydrogen) atoms. The Labute approximate surface area is 253 Å². The molecule has 5 rings (SSSR count). The molecule has 1 unspecified atom stereocenters. The average molecular weight is 578 g/mol. The summed E-state index contributed by atoms with van der Waals surface area (Å²) in [6.07, 6.45) is 4.46. The summed E-state index contributed by atoms with van der Waals surface area (Å²) in [4.78, 5) is 45.3. The molecule has 0 saturated carbocycles. The van der Waals surface area contributed by atoms with Crippen LogP contribution in [0.5, 0.6) is 0 Å². The molecule has 2 N–H and O–H groups in total. The highest BCUT2D eigenvalue weighted by Gasteiger charge is 2.21. The summed E-state index contributed by atoms with van der Waals surface area (Å²) in [5.74, 6) is -0.0877. The van der Waals surface area contributed by atoms with Crippen LogP contribution in [0.1, 0.15) is 43.6 Å². The molecule has 8 nitrogen and oxygen atoms in total. The molecule has 2 heterocycles. The monoisotopic (exact) mass is 577 g/mol. The molecule has 0 spiro atoms. The van der Waals surface area contributed by atoms with Crippen LogP contribution < -0.4 is 10.6 Å².